The van der Waals surface area contributed by atoms with Gasteiger partial charge >= 0.3 is 0 Å². The minimum atomic E-state index is -3.34. The van der Waals surface area contributed by atoms with Crippen molar-refractivity contribution in [2.75, 3.05) is 16.6 Å². The summed E-state index contributed by atoms with van der Waals surface area (Å²) in [6, 6.07) is 14.2. The van der Waals surface area contributed by atoms with Crippen LogP contribution in [0.2, 0.25) is 5.02 Å². The predicted octanol–water partition coefficient (Wildman–Crippen LogP) is 3.76. The maximum absolute atomic E-state index is 12.7. The highest BCUT2D eigenvalue weighted by atomic mass is 35.5. The van der Waals surface area contributed by atoms with Gasteiger partial charge in [-0.3, -0.25) is 9.10 Å². The number of amides is 1. The number of sulfonamides is 1. The molecule has 138 valence electrons. The highest BCUT2D eigenvalue weighted by molar-refractivity contribution is 7.92. The van der Waals surface area contributed by atoms with E-state index in [0.29, 0.717) is 23.7 Å². The number of anilines is 1. The minimum Gasteiger partial charge on any atom is -0.345 e. The Morgan fingerprint density at radius 3 is 2.58 bits per heavy atom. The molecule has 1 unspecified atom stereocenters. The van der Waals surface area contributed by atoms with Crippen molar-refractivity contribution in [2.24, 2.45) is 0 Å². The van der Waals surface area contributed by atoms with Crippen molar-refractivity contribution in [3.63, 3.8) is 0 Å². The molecule has 1 saturated heterocycles. The van der Waals surface area contributed by atoms with Gasteiger partial charge in [-0.15, -0.1) is 0 Å². The Hall–Kier alpha value is -2.05. The van der Waals surface area contributed by atoms with Gasteiger partial charge in [0, 0.05) is 6.54 Å². The van der Waals surface area contributed by atoms with Crippen LogP contribution in [0.4, 0.5) is 5.69 Å². The maximum atomic E-state index is 12.7. The lowest BCUT2D eigenvalue weighted by Crippen LogP contribution is -2.38. The Kier molecular flexibility index (Phi) is 5.53. The van der Waals surface area contributed by atoms with Crippen LogP contribution in [0.5, 0.6) is 0 Å². The Labute approximate surface area is 159 Å². The van der Waals surface area contributed by atoms with E-state index in [1.54, 1.807) is 18.2 Å². The van der Waals surface area contributed by atoms with Crippen LogP contribution in [0, 0.1) is 0 Å². The number of halogens is 1. The Morgan fingerprint density at radius 1 is 1.15 bits per heavy atom. The quantitative estimate of drug-likeness (QED) is 0.861. The number of hydrogen-bond acceptors (Lipinski definition) is 3. The first-order valence-electron chi connectivity index (χ1n) is 8.54. The van der Waals surface area contributed by atoms with E-state index in [9.17, 15) is 13.2 Å². The molecule has 1 fully saturated rings. The number of nitrogens with zero attached hydrogens (tertiary/aromatic N) is 1. The molecule has 2 aromatic carbocycles. The van der Waals surface area contributed by atoms with Crippen LogP contribution in [0.25, 0.3) is 0 Å². The first kappa shape index (κ1) is 18.7. The normalized spacial score (nSPS) is 17.5. The molecular weight excluding hydrogens is 372 g/mol. The van der Waals surface area contributed by atoms with Crippen molar-refractivity contribution in [1.82, 2.24) is 5.32 Å². The van der Waals surface area contributed by atoms with Crippen LogP contribution < -0.4 is 9.62 Å². The predicted molar refractivity (Wildman–Crippen MR) is 104 cm³/mol. The molecule has 1 atom stereocenters. The van der Waals surface area contributed by atoms with E-state index in [4.69, 9.17) is 11.6 Å². The van der Waals surface area contributed by atoms with Gasteiger partial charge in [0.15, 0.2) is 0 Å². The minimum absolute atomic E-state index is 0.127. The molecule has 3 rings (SSSR count). The number of nitrogens with one attached hydrogen (secondary N) is 1. The highest BCUT2D eigenvalue weighted by Crippen LogP contribution is 2.28. The van der Waals surface area contributed by atoms with Crippen LogP contribution in [-0.2, 0) is 10.0 Å². The molecule has 0 radical (unpaired) electrons. The molecule has 0 bridgehead atoms. The van der Waals surface area contributed by atoms with E-state index in [-0.39, 0.29) is 23.3 Å². The van der Waals surface area contributed by atoms with Gasteiger partial charge < -0.3 is 5.32 Å². The van der Waals surface area contributed by atoms with E-state index in [1.807, 2.05) is 37.3 Å². The largest absolute Gasteiger partial charge is 0.345 e. The molecule has 5 nitrogen and oxygen atoms in total. The second-order valence-corrected chi connectivity index (χ2v) is 8.79. The van der Waals surface area contributed by atoms with Crippen LogP contribution in [0.3, 0.4) is 0 Å². The third-order valence-electron chi connectivity index (χ3n) is 4.48. The van der Waals surface area contributed by atoms with Crippen molar-refractivity contribution >= 4 is 33.2 Å². The zero-order valence-electron chi connectivity index (χ0n) is 14.5. The van der Waals surface area contributed by atoms with E-state index in [1.165, 1.54) is 4.31 Å². The molecule has 1 aliphatic heterocycles. The number of carbonyl (C=O) groups excluding carboxylic acids is 1. The summed E-state index contributed by atoms with van der Waals surface area (Å²) >= 11 is 6.20. The molecule has 1 amide bonds. The number of carbonyl (C=O) groups is 1. The van der Waals surface area contributed by atoms with Crippen LogP contribution >= 0.6 is 11.6 Å². The summed E-state index contributed by atoms with van der Waals surface area (Å²) in [6.45, 7) is 2.31. The Bertz CT molecular complexity index is 900. The van der Waals surface area contributed by atoms with Crippen LogP contribution in [0.15, 0.2) is 48.5 Å². The summed E-state index contributed by atoms with van der Waals surface area (Å²) in [4.78, 5) is 12.7. The van der Waals surface area contributed by atoms with Crippen LogP contribution in [0.1, 0.15) is 41.7 Å². The summed E-state index contributed by atoms with van der Waals surface area (Å²) in [5.41, 5.74) is 1.73. The molecule has 1 aliphatic rings. The van der Waals surface area contributed by atoms with E-state index >= 15 is 0 Å². The topological polar surface area (TPSA) is 66.5 Å². The summed E-state index contributed by atoms with van der Waals surface area (Å²) < 4.78 is 26.0. The fourth-order valence-corrected chi connectivity index (χ4v) is 4.86. The van der Waals surface area contributed by atoms with E-state index in [0.717, 1.165) is 12.0 Å². The first-order chi connectivity index (χ1) is 12.4. The van der Waals surface area contributed by atoms with Gasteiger partial charge in [-0.05, 0) is 43.5 Å². The second-order valence-electron chi connectivity index (χ2n) is 6.37. The molecule has 0 saturated carbocycles. The SMILES string of the molecule is CC(NC(=O)c1cc(N2CCCCS2(=O)=O)ccc1Cl)c1ccccc1. The Morgan fingerprint density at radius 2 is 1.88 bits per heavy atom. The molecule has 0 spiro atoms. The maximum Gasteiger partial charge on any atom is 0.253 e. The summed E-state index contributed by atoms with van der Waals surface area (Å²) in [5.74, 6) is -0.204. The zero-order valence-corrected chi connectivity index (χ0v) is 16.1. The lowest BCUT2D eigenvalue weighted by Gasteiger charge is -2.28. The smallest absolute Gasteiger partial charge is 0.253 e. The van der Waals surface area contributed by atoms with Crippen molar-refractivity contribution in [3.8, 4) is 0 Å². The van der Waals surface area contributed by atoms with Gasteiger partial charge in [0.25, 0.3) is 5.91 Å². The molecule has 26 heavy (non-hydrogen) atoms. The lowest BCUT2D eigenvalue weighted by atomic mass is 10.1. The van der Waals surface area contributed by atoms with Gasteiger partial charge in [-0.1, -0.05) is 41.9 Å². The number of hydrogen-bond donors (Lipinski definition) is 1. The summed E-state index contributed by atoms with van der Waals surface area (Å²) in [5, 5.41) is 3.21. The molecule has 7 heteroatoms. The van der Waals surface area contributed by atoms with Crippen molar-refractivity contribution in [1.29, 1.82) is 0 Å². The fraction of sp³-hybridized carbons (Fsp3) is 0.316. The Balaban J connectivity index is 1.84. The van der Waals surface area contributed by atoms with Gasteiger partial charge in [0.1, 0.15) is 0 Å². The monoisotopic (exact) mass is 392 g/mol. The molecule has 1 N–H and O–H groups in total. The van der Waals surface area contributed by atoms with E-state index < -0.39 is 10.0 Å². The van der Waals surface area contributed by atoms with Gasteiger partial charge in [-0.25, -0.2) is 8.42 Å². The van der Waals surface area contributed by atoms with Crippen molar-refractivity contribution in [3.05, 3.63) is 64.7 Å². The summed E-state index contributed by atoms with van der Waals surface area (Å²) in [7, 11) is -3.34. The van der Waals surface area contributed by atoms with Gasteiger partial charge in [0.05, 0.1) is 28.1 Å². The average molecular weight is 393 g/mol. The van der Waals surface area contributed by atoms with Gasteiger partial charge in [-0.2, -0.15) is 0 Å². The molecule has 2 aromatic rings. The fourth-order valence-electron chi connectivity index (χ4n) is 3.02. The lowest BCUT2D eigenvalue weighted by molar-refractivity contribution is 0.0940. The first-order valence-corrected chi connectivity index (χ1v) is 10.5. The summed E-state index contributed by atoms with van der Waals surface area (Å²) in [6.07, 6.45) is 1.46. The molecule has 1 heterocycles. The average Bonchev–Trinajstić information content (AvgIpc) is 2.62. The standard InChI is InChI=1S/C19H21ClN2O3S/c1-14(15-7-3-2-4-8-15)21-19(23)17-13-16(9-10-18(17)20)22-11-5-6-12-26(22,24)25/h2-4,7-10,13-14H,5-6,11-12H2,1H3,(H,21,23). The third kappa shape index (κ3) is 4.02. The van der Waals surface area contributed by atoms with Gasteiger partial charge in [0.2, 0.25) is 10.0 Å². The van der Waals surface area contributed by atoms with Crippen molar-refractivity contribution in [2.45, 2.75) is 25.8 Å². The number of rotatable bonds is 4. The molecule has 0 aliphatic carbocycles. The molecular formula is C19H21ClN2O3S. The zero-order chi connectivity index (χ0) is 18.7. The van der Waals surface area contributed by atoms with E-state index in [2.05, 4.69) is 5.32 Å². The van der Waals surface area contributed by atoms with Crippen molar-refractivity contribution < 1.29 is 13.2 Å². The molecule has 0 aromatic heterocycles. The third-order valence-corrected chi connectivity index (χ3v) is 6.68. The highest BCUT2D eigenvalue weighted by Gasteiger charge is 2.27. The van der Waals surface area contributed by atoms with Crippen LogP contribution in [-0.4, -0.2) is 26.6 Å². The second kappa shape index (κ2) is 7.68. The number of benzene rings is 2.